The molecule has 0 aromatic carbocycles. The molecule has 1 fully saturated rings. The van der Waals surface area contributed by atoms with Gasteiger partial charge >= 0.3 is 0 Å². The third-order valence-electron chi connectivity index (χ3n) is 3.68. The van der Waals surface area contributed by atoms with Crippen molar-refractivity contribution in [2.75, 3.05) is 23.8 Å². The van der Waals surface area contributed by atoms with Gasteiger partial charge in [0.15, 0.2) is 5.65 Å². The third-order valence-corrected chi connectivity index (χ3v) is 3.68. The summed E-state index contributed by atoms with van der Waals surface area (Å²) in [5.41, 5.74) is 0.756. The minimum absolute atomic E-state index is 0.381. The Kier molecular flexibility index (Phi) is 4.19. The van der Waals surface area contributed by atoms with Gasteiger partial charge in [-0.05, 0) is 26.2 Å². The molecule has 0 amide bonds. The van der Waals surface area contributed by atoms with E-state index in [2.05, 4.69) is 37.7 Å². The molecule has 21 heavy (non-hydrogen) atoms. The van der Waals surface area contributed by atoms with Crippen molar-refractivity contribution in [1.29, 1.82) is 0 Å². The molecule has 0 bridgehead atoms. The van der Waals surface area contributed by atoms with Gasteiger partial charge in [0, 0.05) is 19.2 Å². The maximum atomic E-state index is 5.59. The van der Waals surface area contributed by atoms with Gasteiger partial charge in [-0.15, -0.1) is 0 Å². The molecule has 1 aliphatic carbocycles. The van der Waals surface area contributed by atoms with E-state index in [4.69, 9.17) is 4.74 Å². The summed E-state index contributed by atoms with van der Waals surface area (Å²) in [4.78, 5) is 8.99. The van der Waals surface area contributed by atoms with Crippen LogP contribution in [0.15, 0.2) is 6.20 Å². The molecule has 1 aliphatic rings. The lowest BCUT2D eigenvalue weighted by Crippen LogP contribution is -2.41. The number of rotatable bonds is 7. The van der Waals surface area contributed by atoms with Crippen molar-refractivity contribution in [1.82, 2.24) is 20.2 Å². The summed E-state index contributed by atoms with van der Waals surface area (Å²) in [6, 6.07) is 0.411. The summed E-state index contributed by atoms with van der Waals surface area (Å²) in [5, 5.41) is 14.6. The van der Waals surface area contributed by atoms with Crippen LogP contribution in [0.3, 0.4) is 0 Å². The first-order valence-corrected chi connectivity index (χ1v) is 7.63. The van der Waals surface area contributed by atoms with Crippen LogP contribution in [0, 0.1) is 0 Å². The Morgan fingerprint density at radius 3 is 2.95 bits per heavy atom. The molecule has 0 unspecified atom stereocenters. The van der Waals surface area contributed by atoms with Gasteiger partial charge in [-0.25, -0.2) is 0 Å². The zero-order valence-corrected chi connectivity index (χ0v) is 12.5. The number of ether oxygens (including phenoxy) is 1. The molecule has 3 N–H and O–H groups in total. The van der Waals surface area contributed by atoms with Gasteiger partial charge in [0.1, 0.15) is 5.82 Å². The number of aromatic nitrogens is 4. The van der Waals surface area contributed by atoms with Crippen LogP contribution >= 0.6 is 0 Å². The molecule has 0 atom stereocenters. The smallest absolute Gasteiger partial charge is 0.226 e. The minimum atomic E-state index is 0.381. The lowest BCUT2D eigenvalue weighted by molar-refractivity contribution is 0.00295. The van der Waals surface area contributed by atoms with E-state index in [9.17, 15) is 0 Å². The predicted octanol–water partition coefficient (Wildman–Crippen LogP) is 2.15. The van der Waals surface area contributed by atoms with Crippen LogP contribution in [0.2, 0.25) is 0 Å². The Morgan fingerprint density at radius 1 is 1.33 bits per heavy atom. The van der Waals surface area contributed by atoms with Gasteiger partial charge < -0.3 is 15.4 Å². The molecular weight excluding hydrogens is 268 g/mol. The molecule has 0 aliphatic heterocycles. The summed E-state index contributed by atoms with van der Waals surface area (Å²) in [7, 11) is 0. The Labute approximate surface area is 123 Å². The maximum absolute atomic E-state index is 5.59. The second-order valence-electron chi connectivity index (χ2n) is 5.34. The Balaban J connectivity index is 1.72. The SMILES string of the molecule is CCCNc1nc(NC2CC(OCC)C2)c2cn[nH]c2n1. The number of hydrogen-bond acceptors (Lipinski definition) is 6. The number of nitrogens with zero attached hydrogens (tertiary/aromatic N) is 3. The number of nitrogens with one attached hydrogen (secondary N) is 3. The molecule has 2 aromatic heterocycles. The molecule has 7 nitrogen and oxygen atoms in total. The van der Waals surface area contributed by atoms with Crippen LogP contribution in [-0.4, -0.2) is 45.5 Å². The van der Waals surface area contributed by atoms with Crippen molar-refractivity contribution in [2.45, 2.75) is 45.3 Å². The molecule has 114 valence electrons. The highest BCUT2D eigenvalue weighted by Crippen LogP contribution is 2.29. The van der Waals surface area contributed by atoms with Gasteiger partial charge in [0.2, 0.25) is 5.95 Å². The van der Waals surface area contributed by atoms with Crippen molar-refractivity contribution in [3.63, 3.8) is 0 Å². The average molecular weight is 290 g/mol. The van der Waals surface area contributed by atoms with Gasteiger partial charge in [-0.3, -0.25) is 5.10 Å². The molecule has 1 saturated carbocycles. The normalized spacial score (nSPS) is 21.2. The van der Waals surface area contributed by atoms with Gasteiger partial charge in [-0.1, -0.05) is 6.92 Å². The monoisotopic (exact) mass is 290 g/mol. The summed E-state index contributed by atoms with van der Waals surface area (Å²) in [6.45, 7) is 5.78. The summed E-state index contributed by atoms with van der Waals surface area (Å²) >= 11 is 0. The number of anilines is 2. The van der Waals surface area contributed by atoms with Crippen LogP contribution in [-0.2, 0) is 4.74 Å². The highest BCUT2D eigenvalue weighted by atomic mass is 16.5. The lowest BCUT2D eigenvalue weighted by Gasteiger charge is -2.35. The number of aromatic amines is 1. The van der Waals surface area contributed by atoms with Crippen LogP contribution < -0.4 is 10.6 Å². The van der Waals surface area contributed by atoms with E-state index in [1.165, 1.54) is 0 Å². The molecule has 7 heteroatoms. The fourth-order valence-corrected chi connectivity index (χ4v) is 2.51. The largest absolute Gasteiger partial charge is 0.378 e. The van der Waals surface area contributed by atoms with Crippen molar-refractivity contribution in [3.8, 4) is 0 Å². The van der Waals surface area contributed by atoms with Gasteiger partial charge in [0.25, 0.3) is 0 Å². The number of H-pyrrole nitrogens is 1. The van der Waals surface area contributed by atoms with E-state index in [-0.39, 0.29) is 0 Å². The highest BCUT2D eigenvalue weighted by Gasteiger charge is 2.30. The fourth-order valence-electron chi connectivity index (χ4n) is 2.51. The quantitative estimate of drug-likeness (QED) is 0.724. The molecule has 3 rings (SSSR count). The minimum Gasteiger partial charge on any atom is -0.378 e. The van der Waals surface area contributed by atoms with E-state index in [1.807, 2.05) is 6.92 Å². The van der Waals surface area contributed by atoms with E-state index in [0.717, 1.165) is 49.3 Å². The second kappa shape index (κ2) is 6.26. The van der Waals surface area contributed by atoms with Crippen molar-refractivity contribution in [3.05, 3.63) is 6.20 Å². The van der Waals surface area contributed by atoms with Crippen molar-refractivity contribution >= 4 is 22.8 Å². The fraction of sp³-hybridized carbons (Fsp3) is 0.643. The molecule has 0 spiro atoms. The first-order valence-electron chi connectivity index (χ1n) is 7.63. The Morgan fingerprint density at radius 2 is 2.19 bits per heavy atom. The highest BCUT2D eigenvalue weighted by molar-refractivity contribution is 5.87. The topological polar surface area (TPSA) is 87.8 Å². The predicted molar refractivity (Wildman–Crippen MR) is 82.5 cm³/mol. The van der Waals surface area contributed by atoms with Gasteiger partial charge in [0.05, 0.1) is 17.7 Å². The van der Waals surface area contributed by atoms with Crippen LogP contribution in [0.25, 0.3) is 11.0 Å². The number of hydrogen-bond donors (Lipinski definition) is 3. The summed E-state index contributed by atoms with van der Waals surface area (Å²) in [6.07, 6.45) is 5.22. The second-order valence-corrected chi connectivity index (χ2v) is 5.34. The first-order chi connectivity index (χ1) is 10.3. The standard InChI is InChI=1S/C14H22N6O/c1-3-5-15-14-18-12(11-8-16-20-13(11)19-14)17-9-6-10(7-9)21-4-2/h8-10H,3-7H2,1-2H3,(H3,15,16,17,18,19,20). The average Bonchev–Trinajstić information content (AvgIpc) is 2.91. The van der Waals surface area contributed by atoms with Crippen LogP contribution in [0.4, 0.5) is 11.8 Å². The molecule has 0 saturated heterocycles. The molecule has 2 heterocycles. The molecular formula is C14H22N6O. The first kappa shape index (κ1) is 14.1. The summed E-state index contributed by atoms with van der Waals surface area (Å²) < 4.78 is 5.59. The zero-order chi connectivity index (χ0) is 14.7. The van der Waals surface area contributed by atoms with Crippen LogP contribution in [0.5, 0.6) is 0 Å². The van der Waals surface area contributed by atoms with Gasteiger partial charge in [-0.2, -0.15) is 15.1 Å². The molecule has 0 radical (unpaired) electrons. The van der Waals surface area contributed by atoms with Crippen molar-refractivity contribution < 1.29 is 4.74 Å². The maximum Gasteiger partial charge on any atom is 0.226 e. The van der Waals surface area contributed by atoms with E-state index < -0.39 is 0 Å². The van der Waals surface area contributed by atoms with E-state index in [0.29, 0.717) is 18.1 Å². The number of fused-ring (bicyclic) bond motifs is 1. The summed E-state index contributed by atoms with van der Waals surface area (Å²) in [5.74, 6) is 1.48. The van der Waals surface area contributed by atoms with E-state index in [1.54, 1.807) is 6.20 Å². The Bertz CT molecular complexity index is 592. The molecule has 2 aromatic rings. The van der Waals surface area contributed by atoms with Crippen molar-refractivity contribution in [2.24, 2.45) is 0 Å². The Hall–Kier alpha value is -1.89. The zero-order valence-electron chi connectivity index (χ0n) is 12.5. The lowest BCUT2D eigenvalue weighted by atomic mass is 9.89. The van der Waals surface area contributed by atoms with E-state index >= 15 is 0 Å². The third kappa shape index (κ3) is 3.07. The van der Waals surface area contributed by atoms with Crippen LogP contribution in [0.1, 0.15) is 33.1 Å².